The zero-order valence-corrected chi connectivity index (χ0v) is 12.6. The lowest BCUT2D eigenvalue weighted by molar-refractivity contribution is 0.620. The Bertz CT molecular complexity index is 572. The quantitative estimate of drug-likeness (QED) is 0.733. The van der Waals surface area contributed by atoms with Gasteiger partial charge in [-0.1, -0.05) is 19.1 Å². The molecule has 0 amide bonds. The van der Waals surface area contributed by atoms with Crippen molar-refractivity contribution in [3.05, 3.63) is 63.2 Å². The molecule has 2 aromatic carbocycles. The van der Waals surface area contributed by atoms with E-state index in [0.717, 1.165) is 21.2 Å². The van der Waals surface area contributed by atoms with Crippen LogP contribution in [0.25, 0.3) is 0 Å². The first kappa shape index (κ1) is 14.2. The van der Waals surface area contributed by atoms with Gasteiger partial charge in [0.2, 0.25) is 0 Å². The van der Waals surface area contributed by atoms with E-state index in [2.05, 4.69) is 27.9 Å². The zero-order valence-electron chi connectivity index (χ0n) is 10.5. The van der Waals surface area contributed by atoms with Crippen molar-refractivity contribution < 1.29 is 8.78 Å². The van der Waals surface area contributed by atoms with Crippen LogP contribution in [0.3, 0.4) is 0 Å². The zero-order chi connectivity index (χ0) is 13.8. The number of hydrogen-bond donors (Lipinski definition) is 1. The van der Waals surface area contributed by atoms with Crippen molar-refractivity contribution >= 4 is 28.3 Å². The predicted molar refractivity (Wildman–Crippen MR) is 82.2 cm³/mol. The Morgan fingerprint density at radius 3 is 2.47 bits per heavy atom. The maximum atomic E-state index is 13.3. The van der Waals surface area contributed by atoms with Gasteiger partial charge in [-0.05, 0) is 64.9 Å². The summed E-state index contributed by atoms with van der Waals surface area (Å²) < 4.78 is 27.1. The average molecular weight is 373 g/mol. The van der Waals surface area contributed by atoms with Crippen molar-refractivity contribution in [1.29, 1.82) is 0 Å². The van der Waals surface area contributed by atoms with E-state index >= 15 is 0 Å². The van der Waals surface area contributed by atoms with E-state index in [1.165, 1.54) is 24.3 Å². The number of rotatable bonds is 4. The molecule has 100 valence electrons. The van der Waals surface area contributed by atoms with E-state index < -0.39 is 0 Å². The molecule has 0 aliphatic heterocycles. The molecule has 0 bridgehead atoms. The van der Waals surface area contributed by atoms with Crippen LogP contribution in [-0.4, -0.2) is 0 Å². The van der Waals surface area contributed by atoms with E-state index in [1.807, 2.05) is 13.0 Å². The first-order valence-electron chi connectivity index (χ1n) is 6.07. The third kappa shape index (κ3) is 3.65. The van der Waals surface area contributed by atoms with Crippen molar-refractivity contribution in [1.82, 2.24) is 0 Å². The van der Waals surface area contributed by atoms with Gasteiger partial charge in [0.15, 0.2) is 0 Å². The molecule has 1 N–H and O–H groups in total. The average Bonchev–Trinajstić information content (AvgIpc) is 2.38. The lowest BCUT2D eigenvalue weighted by Gasteiger charge is -2.20. The van der Waals surface area contributed by atoms with Crippen molar-refractivity contribution in [2.75, 3.05) is 5.32 Å². The topological polar surface area (TPSA) is 12.0 Å². The molecule has 0 aromatic heterocycles. The first-order valence-corrected chi connectivity index (χ1v) is 7.15. The highest BCUT2D eigenvalue weighted by Gasteiger charge is 2.11. The fourth-order valence-electron chi connectivity index (χ4n) is 1.94. The van der Waals surface area contributed by atoms with Crippen LogP contribution in [0.2, 0.25) is 0 Å². The van der Waals surface area contributed by atoms with Crippen LogP contribution >= 0.6 is 22.6 Å². The van der Waals surface area contributed by atoms with Crippen LogP contribution in [0.4, 0.5) is 14.5 Å². The number of anilines is 1. The highest BCUT2D eigenvalue weighted by Crippen LogP contribution is 2.26. The highest BCUT2D eigenvalue weighted by atomic mass is 127. The second kappa shape index (κ2) is 6.32. The monoisotopic (exact) mass is 373 g/mol. The van der Waals surface area contributed by atoms with Gasteiger partial charge < -0.3 is 5.32 Å². The van der Waals surface area contributed by atoms with Gasteiger partial charge in [-0.2, -0.15) is 0 Å². The summed E-state index contributed by atoms with van der Waals surface area (Å²) in [5.74, 6) is -0.500. The predicted octanol–water partition coefficient (Wildman–Crippen LogP) is 5.13. The molecule has 4 heteroatoms. The van der Waals surface area contributed by atoms with Gasteiger partial charge in [0, 0.05) is 9.26 Å². The summed E-state index contributed by atoms with van der Waals surface area (Å²) in [7, 11) is 0. The number of hydrogen-bond acceptors (Lipinski definition) is 1. The largest absolute Gasteiger partial charge is 0.377 e. The van der Waals surface area contributed by atoms with Crippen LogP contribution in [0.1, 0.15) is 24.9 Å². The summed E-state index contributed by atoms with van der Waals surface area (Å²) in [6.45, 7) is 2.03. The molecular weight excluding hydrogens is 359 g/mol. The normalized spacial score (nSPS) is 12.2. The summed E-state index contributed by atoms with van der Waals surface area (Å²) in [6.07, 6.45) is 0.816. The van der Waals surface area contributed by atoms with E-state index in [-0.39, 0.29) is 17.7 Å². The third-order valence-corrected chi connectivity index (χ3v) is 3.81. The van der Waals surface area contributed by atoms with Crippen LogP contribution in [0.15, 0.2) is 42.5 Å². The number of nitrogens with one attached hydrogen (secondary N) is 1. The Balaban J connectivity index is 2.24. The molecule has 0 radical (unpaired) electrons. The van der Waals surface area contributed by atoms with E-state index in [0.29, 0.717) is 0 Å². The minimum atomic E-state index is -0.256. The summed E-state index contributed by atoms with van der Waals surface area (Å²) >= 11 is 2.09. The van der Waals surface area contributed by atoms with Gasteiger partial charge in [0.1, 0.15) is 11.6 Å². The Kier molecular flexibility index (Phi) is 4.74. The molecule has 0 aliphatic rings. The van der Waals surface area contributed by atoms with Gasteiger partial charge >= 0.3 is 0 Å². The standard InChI is InChI=1S/C15H14F2IN/c1-2-14(10-4-3-5-11(16)8-10)19-15-7-6-12(17)9-13(15)18/h3-9,14,19H,2H2,1H3. The molecule has 1 nitrogen and oxygen atoms in total. The van der Waals surface area contributed by atoms with Crippen LogP contribution in [0.5, 0.6) is 0 Å². The maximum absolute atomic E-state index is 13.3. The summed E-state index contributed by atoms with van der Waals surface area (Å²) in [5, 5.41) is 3.33. The molecule has 0 saturated carbocycles. The number of halogens is 3. The van der Waals surface area contributed by atoms with E-state index in [1.54, 1.807) is 12.1 Å². The molecule has 0 fully saturated rings. The molecule has 2 aromatic rings. The minimum Gasteiger partial charge on any atom is -0.377 e. The van der Waals surface area contributed by atoms with Gasteiger partial charge in [0.05, 0.1) is 6.04 Å². The van der Waals surface area contributed by atoms with Crippen LogP contribution in [-0.2, 0) is 0 Å². The molecular formula is C15H14F2IN. The maximum Gasteiger partial charge on any atom is 0.124 e. The fraction of sp³-hybridized carbons (Fsp3) is 0.200. The lowest BCUT2D eigenvalue weighted by atomic mass is 10.0. The lowest BCUT2D eigenvalue weighted by Crippen LogP contribution is -2.11. The van der Waals surface area contributed by atoms with Gasteiger partial charge in [-0.3, -0.25) is 0 Å². The summed E-state index contributed by atoms with van der Waals surface area (Å²) in [4.78, 5) is 0. The van der Waals surface area contributed by atoms with Gasteiger partial charge in [-0.15, -0.1) is 0 Å². The third-order valence-electron chi connectivity index (χ3n) is 2.92. The molecule has 0 aliphatic carbocycles. The molecule has 1 atom stereocenters. The molecule has 0 spiro atoms. The van der Waals surface area contributed by atoms with E-state index in [4.69, 9.17) is 0 Å². The Morgan fingerprint density at radius 2 is 1.84 bits per heavy atom. The summed E-state index contributed by atoms with van der Waals surface area (Å²) in [6, 6.07) is 11.2. The SMILES string of the molecule is CCC(Nc1ccc(F)cc1I)c1cccc(F)c1. The van der Waals surface area contributed by atoms with Crippen LogP contribution in [0, 0.1) is 15.2 Å². The smallest absolute Gasteiger partial charge is 0.124 e. The molecule has 1 unspecified atom stereocenters. The second-order valence-electron chi connectivity index (χ2n) is 4.28. The first-order chi connectivity index (χ1) is 9.10. The Morgan fingerprint density at radius 1 is 1.11 bits per heavy atom. The van der Waals surface area contributed by atoms with Gasteiger partial charge in [-0.25, -0.2) is 8.78 Å². The van der Waals surface area contributed by atoms with E-state index in [9.17, 15) is 8.78 Å². The fourth-order valence-corrected chi connectivity index (χ4v) is 2.57. The van der Waals surface area contributed by atoms with Crippen molar-refractivity contribution in [2.24, 2.45) is 0 Å². The molecule has 19 heavy (non-hydrogen) atoms. The highest BCUT2D eigenvalue weighted by molar-refractivity contribution is 14.1. The van der Waals surface area contributed by atoms with Crippen molar-refractivity contribution in [3.63, 3.8) is 0 Å². The summed E-state index contributed by atoms with van der Waals surface area (Å²) in [5.41, 5.74) is 1.75. The Labute approximate surface area is 125 Å². The van der Waals surface area contributed by atoms with Crippen molar-refractivity contribution in [2.45, 2.75) is 19.4 Å². The van der Waals surface area contributed by atoms with Crippen LogP contribution < -0.4 is 5.32 Å². The molecule has 2 rings (SSSR count). The van der Waals surface area contributed by atoms with Crippen molar-refractivity contribution in [3.8, 4) is 0 Å². The molecule has 0 saturated heterocycles. The number of benzene rings is 2. The van der Waals surface area contributed by atoms with Gasteiger partial charge in [0.25, 0.3) is 0 Å². The Hall–Kier alpha value is -1.17. The minimum absolute atomic E-state index is 0.00896. The molecule has 0 heterocycles. The second-order valence-corrected chi connectivity index (χ2v) is 5.45.